The summed E-state index contributed by atoms with van der Waals surface area (Å²) in [5.41, 5.74) is 3.38. The Kier molecular flexibility index (Phi) is 7.04. The number of carbonyl (C=O) groups is 1. The maximum absolute atomic E-state index is 12.0. The first kappa shape index (κ1) is 22.7. The van der Waals surface area contributed by atoms with Gasteiger partial charge in [-0.25, -0.2) is 0 Å². The number of hydrogen-bond acceptors (Lipinski definition) is 5. The Morgan fingerprint density at radius 1 is 1.12 bits per heavy atom. The van der Waals surface area contributed by atoms with Gasteiger partial charge in [0.15, 0.2) is 0 Å². The van der Waals surface area contributed by atoms with E-state index in [1.165, 1.54) is 11.1 Å². The predicted octanol–water partition coefficient (Wildman–Crippen LogP) is 5.40. The minimum Gasteiger partial charge on any atom is -0.494 e. The third kappa shape index (κ3) is 5.09. The lowest BCUT2D eigenvalue weighted by molar-refractivity contribution is -0.151. The summed E-state index contributed by atoms with van der Waals surface area (Å²) in [7, 11) is 0. The normalized spacial score (nSPS) is 18.7. The molecule has 2 aliphatic rings. The molecular weight excluding hydrogens is 404 g/mol. The van der Waals surface area contributed by atoms with Crippen molar-refractivity contribution in [2.75, 3.05) is 26.4 Å². The van der Waals surface area contributed by atoms with Crippen molar-refractivity contribution in [2.45, 2.75) is 58.0 Å². The van der Waals surface area contributed by atoms with Crippen LogP contribution in [0.25, 0.3) is 0 Å². The maximum Gasteiger partial charge on any atom is 0.306 e. The number of aryl methyl sites for hydroxylation is 1. The van der Waals surface area contributed by atoms with Gasteiger partial charge in [0.05, 0.1) is 38.3 Å². The van der Waals surface area contributed by atoms with Gasteiger partial charge in [0.25, 0.3) is 0 Å². The lowest BCUT2D eigenvalue weighted by Gasteiger charge is -2.41. The van der Waals surface area contributed by atoms with Crippen LogP contribution in [0.15, 0.2) is 42.5 Å². The molecule has 0 amide bonds. The molecule has 1 aliphatic carbocycles. The summed E-state index contributed by atoms with van der Waals surface area (Å²) in [6, 6.07) is 14.5. The van der Waals surface area contributed by atoms with E-state index >= 15 is 0 Å². The van der Waals surface area contributed by atoms with Gasteiger partial charge in [-0.15, -0.1) is 0 Å². The van der Waals surface area contributed by atoms with Crippen LogP contribution in [0.1, 0.15) is 62.8 Å². The molecular formula is C27H34O5. The Morgan fingerprint density at radius 2 is 1.88 bits per heavy atom. The quantitative estimate of drug-likeness (QED) is 0.465. The third-order valence-electron chi connectivity index (χ3n) is 6.39. The van der Waals surface area contributed by atoms with Crippen molar-refractivity contribution >= 4 is 5.97 Å². The standard InChI is InChI=1S/C27H34O5/c1-4-30-26(28)16-27(17-29-18-27)21-6-8-22(9-7-21)32-25-12-5-20-15-23(10-11-24(20)25)31-14-13-19(2)3/h6-11,15,19,25H,4-5,12-14,16-18H2,1-3H3. The van der Waals surface area contributed by atoms with Crippen molar-refractivity contribution in [1.82, 2.24) is 0 Å². The summed E-state index contributed by atoms with van der Waals surface area (Å²) in [5, 5.41) is 0. The van der Waals surface area contributed by atoms with Crippen molar-refractivity contribution in [3.8, 4) is 11.5 Å². The summed E-state index contributed by atoms with van der Waals surface area (Å²) >= 11 is 0. The molecule has 0 bridgehead atoms. The number of esters is 1. The molecule has 5 heteroatoms. The number of ether oxygens (including phenoxy) is 4. The lowest BCUT2D eigenvalue weighted by Crippen LogP contribution is -2.48. The van der Waals surface area contributed by atoms with E-state index in [1.807, 2.05) is 19.1 Å². The van der Waals surface area contributed by atoms with Gasteiger partial charge in [0.2, 0.25) is 0 Å². The van der Waals surface area contributed by atoms with E-state index in [0.717, 1.165) is 42.9 Å². The van der Waals surface area contributed by atoms with Crippen LogP contribution in [0.3, 0.4) is 0 Å². The second-order valence-electron chi connectivity index (χ2n) is 9.32. The van der Waals surface area contributed by atoms with Crippen LogP contribution in [-0.4, -0.2) is 32.4 Å². The van der Waals surface area contributed by atoms with Gasteiger partial charge in [0, 0.05) is 0 Å². The average molecular weight is 439 g/mol. The molecule has 1 atom stereocenters. The monoisotopic (exact) mass is 438 g/mol. The Bertz CT molecular complexity index is 914. The summed E-state index contributed by atoms with van der Waals surface area (Å²) < 4.78 is 22.8. The number of hydrogen-bond donors (Lipinski definition) is 0. The molecule has 32 heavy (non-hydrogen) atoms. The zero-order chi connectivity index (χ0) is 22.6. The van der Waals surface area contributed by atoms with Gasteiger partial charge in [-0.05, 0) is 73.1 Å². The molecule has 5 nitrogen and oxygen atoms in total. The molecule has 1 aliphatic heterocycles. The molecule has 0 N–H and O–H groups in total. The highest BCUT2D eigenvalue weighted by Gasteiger charge is 2.42. The minimum absolute atomic E-state index is 0.0566. The first-order valence-electron chi connectivity index (χ1n) is 11.8. The van der Waals surface area contributed by atoms with Gasteiger partial charge in [-0.1, -0.05) is 32.0 Å². The van der Waals surface area contributed by atoms with E-state index in [1.54, 1.807) is 0 Å². The van der Waals surface area contributed by atoms with E-state index in [-0.39, 0.29) is 17.5 Å². The summed E-state index contributed by atoms with van der Waals surface area (Å²) in [4.78, 5) is 12.0. The van der Waals surface area contributed by atoms with Crippen molar-refractivity contribution < 1.29 is 23.7 Å². The van der Waals surface area contributed by atoms with Gasteiger partial charge >= 0.3 is 5.97 Å². The topological polar surface area (TPSA) is 54.0 Å². The molecule has 1 unspecified atom stereocenters. The lowest BCUT2D eigenvalue weighted by atomic mass is 9.76. The second kappa shape index (κ2) is 9.95. The van der Waals surface area contributed by atoms with Crippen molar-refractivity contribution in [2.24, 2.45) is 5.92 Å². The second-order valence-corrected chi connectivity index (χ2v) is 9.32. The van der Waals surface area contributed by atoms with Gasteiger partial charge in [-0.3, -0.25) is 4.79 Å². The molecule has 0 aromatic heterocycles. The number of fused-ring (bicyclic) bond motifs is 1. The zero-order valence-electron chi connectivity index (χ0n) is 19.4. The van der Waals surface area contributed by atoms with Crippen LogP contribution in [0, 0.1) is 5.92 Å². The van der Waals surface area contributed by atoms with E-state index < -0.39 is 0 Å². The number of rotatable bonds is 10. The molecule has 1 heterocycles. The van der Waals surface area contributed by atoms with Crippen LogP contribution in [-0.2, 0) is 26.1 Å². The molecule has 0 saturated carbocycles. The molecule has 1 saturated heterocycles. The highest BCUT2D eigenvalue weighted by atomic mass is 16.5. The highest BCUT2D eigenvalue weighted by molar-refractivity contribution is 5.72. The van der Waals surface area contributed by atoms with Crippen LogP contribution in [0.5, 0.6) is 11.5 Å². The fraction of sp³-hybridized carbons (Fsp3) is 0.519. The fourth-order valence-electron chi connectivity index (χ4n) is 4.44. The molecule has 172 valence electrons. The average Bonchev–Trinajstić information content (AvgIpc) is 3.13. The summed E-state index contributed by atoms with van der Waals surface area (Å²) in [6.45, 7) is 8.49. The predicted molar refractivity (Wildman–Crippen MR) is 123 cm³/mol. The van der Waals surface area contributed by atoms with Crippen LogP contribution in [0.2, 0.25) is 0 Å². The van der Waals surface area contributed by atoms with E-state index in [9.17, 15) is 4.79 Å². The van der Waals surface area contributed by atoms with Crippen molar-refractivity contribution in [1.29, 1.82) is 0 Å². The fourth-order valence-corrected chi connectivity index (χ4v) is 4.44. The molecule has 0 spiro atoms. The Balaban J connectivity index is 1.38. The maximum atomic E-state index is 12.0. The largest absolute Gasteiger partial charge is 0.494 e. The van der Waals surface area contributed by atoms with Gasteiger partial charge in [-0.2, -0.15) is 0 Å². The smallest absolute Gasteiger partial charge is 0.306 e. The highest BCUT2D eigenvalue weighted by Crippen LogP contribution is 2.39. The molecule has 0 radical (unpaired) electrons. The third-order valence-corrected chi connectivity index (χ3v) is 6.39. The molecule has 2 aromatic carbocycles. The van der Waals surface area contributed by atoms with Gasteiger partial charge < -0.3 is 18.9 Å². The Hall–Kier alpha value is -2.53. The van der Waals surface area contributed by atoms with Crippen LogP contribution < -0.4 is 9.47 Å². The van der Waals surface area contributed by atoms with Crippen LogP contribution >= 0.6 is 0 Å². The number of carbonyl (C=O) groups excluding carboxylic acids is 1. The zero-order valence-corrected chi connectivity index (χ0v) is 19.4. The molecule has 2 aromatic rings. The van der Waals surface area contributed by atoms with Crippen molar-refractivity contribution in [3.63, 3.8) is 0 Å². The van der Waals surface area contributed by atoms with E-state index in [0.29, 0.717) is 32.2 Å². The molecule has 4 rings (SSSR count). The summed E-state index contributed by atoms with van der Waals surface area (Å²) in [5.74, 6) is 2.26. The molecule has 1 fully saturated rings. The van der Waals surface area contributed by atoms with Crippen LogP contribution in [0.4, 0.5) is 0 Å². The van der Waals surface area contributed by atoms with Gasteiger partial charge in [0.1, 0.15) is 17.6 Å². The SMILES string of the molecule is CCOC(=O)CC1(c2ccc(OC3CCc4cc(OCCC(C)C)ccc43)cc2)COC1. The van der Waals surface area contributed by atoms with Crippen molar-refractivity contribution in [3.05, 3.63) is 59.2 Å². The Labute approximate surface area is 191 Å². The Morgan fingerprint density at radius 3 is 2.53 bits per heavy atom. The van der Waals surface area contributed by atoms with E-state index in [4.69, 9.17) is 18.9 Å². The van der Waals surface area contributed by atoms with E-state index in [2.05, 4.69) is 44.2 Å². The first-order chi connectivity index (χ1) is 15.5. The summed E-state index contributed by atoms with van der Waals surface area (Å²) in [6.07, 6.45) is 3.43. The first-order valence-corrected chi connectivity index (χ1v) is 11.8. The minimum atomic E-state index is -0.281. The number of benzene rings is 2.